The van der Waals surface area contributed by atoms with E-state index in [9.17, 15) is 9.59 Å². The Labute approximate surface area is 222 Å². The van der Waals surface area contributed by atoms with Gasteiger partial charge in [0.1, 0.15) is 6.54 Å². The molecular formula is C32H41N3O2. The number of rotatable bonds is 10. The van der Waals surface area contributed by atoms with Gasteiger partial charge in [0, 0.05) is 36.1 Å². The van der Waals surface area contributed by atoms with Crippen molar-refractivity contribution in [3.63, 3.8) is 0 Å². The Hall–Kier alpha value is -3.34. The van der Waals surface area contributed by atoms with E-state index in [1.807, 2.05) is 44.2 Å². The Morgan fingerprint density at radius 1 is 0.946 bits per heavy atom. The monoisotopic (exact) mass is 499 g/mol. The van der Waals surface area contributed by atoms with Crippen molar-refractivity contribution < 1.29 is 9.59 Å². The molecule has 2 aromatic carbocycles. The fourth-order valence-electron chi connectivity index (χ4n) is 5.26. The molecule has 4 rings (SSSR count). The van der Waals surface area contributed by atoms with Crippen LogP contribution in [-0.2, 0) is 17.9 Å². The number of benzene rings is 2. The van der Waals surface area contributed by atoms with Gasteiger partial charge in [-0.25, -0.2) is 0 Å². The molecule has 0 spiro atoms. The highest BCUT2D eigenvalue weighted by molar-refractivity contribution is 5.96. The van der Waals surface area contributed by atoms with Gasteiger partial charge in [0.15, 0.2) is 0 Å². The lowest BCUT2D eigenvalue weighted by Gasteiger charge is -2.37. The minimum atomic E-state index is -0.0706. The standard InChI is InChI=1S/C32H41N3O2/c1-4-26(3)34(32(37)28-19-17-25(2)18-20-28)24-31(36)35(29-14-9-6-10-15-29)23-30-16-11-21-33(30)22-27-12-7-5-8-13-27/h5,7-8,11-13,16-21,26,29H,4,6,9-10,14-15,22-24H2,1-3H3. The largest absolute Gasteiger partial charge is 0.345 e. The second-order valence-electron chi connectivity index (χ2n) is 10.5. The van der Waals surface area contributed by atoms with Crippen LogP contribution in [0.2, 0.25) is 0 Å². The summed E-state index contributed by atoms with van der Waals surface area (Å²) in [4.78, 5) is 31.3. The molecule has 196 valence electrons. The van der Waals surface area contributed by atoms with Gasteiger partial charge in [-0.3, -0.25) is 9.59 Å². The Kier molecular flexibility index (Phi) is 9.21. The van der Waals surface area contributed by atoms with E-state index in [0.29, 0.717) is 12.1 Å². The van der Waals surface area contributed by atoms with Crippen LogP contribution < -0.4 is 0 Å². The summed E-state index contributed by atoms with van der Waals surface area (Å²) in [6.45, 7) is 7.57. The molecule has 0 bridgehead atoms. The fraction of sp³-hybridized carbons (Fsp3) is 0.438. The molecule has 1 unspecified atom stereocenters. The summed E-state index contributed by atoms with van der Waals surface area (Å²) in [7, 11) is 0. The average Bonchev–Trinajstić information content (AvgIpc) is 3.37. The van der Waals surface area contributed by atoms with Crippen LogP contribution in [-0.4, -0.2) is 44.8 Å². The summed E-state index contributed by atoms with van der Waals surface area (Å²) in [5, 5.41) is 0. The second kappa shape index (κ2) is 12.8. The zero-order valence-corrected chi connectivity index (χ0v) is 22.6. The first kappa shape index (κ1) is 26.7. The summed E-state index contributed by atoms with van der Waals surface area (Å²) in [5.74, 6) is -0.0288. The zero-order chi connectivity index (χ0) is 26.2. The SMILES string of the molecule is CCC(C)N(CC(=O)N(Cc1cccn1Cc1ccccc1)C1CCCCC1)C(=O)c1ccc(C)cc1. The highest BCUT2D eigenvalue weighted by Crippen LogP contribution is 2.25. The number of hydrogen-bond donors (Lipinski definition) is 0. The van der Waals surface area contributed by atoms with Crippen LogP contribution in [0.3, 0.4) is 0 Å². The Balaban J connectivity index is 1.56. The topological polar surface area (TPSA) is 45.6 Å². The lowest BCUT2D eigenvalue weighted by atomic mass is 9.94. The Bertz CT molecular complexity index is 1150. The van der Waals surface area contributed by atoms with Crippen LogP contribution in [0.5, 0.6) is 0 Å². The molecule has 0 N–H and O–H groups in total. The molecule has 0 saturated heterocycles. The van der Waals surface area contributed by atoms with Gasteiger partial charge in [0.2, 0.25) is 5.91 Å². The molecule has 1 aromatic heterocycles. The molecule has 3 aromatic rings. The van der Waals surface area contributed by atoms with Gasteiger partial charge in [-0.1, -0.05) is 74.2 Å². The summed E-state index contributed by atoms with van der Waals surface area (Å²) >= 11 is 0. The molecule has 1 saturated carbocycles. The quantitative estimate of drug-likeness (QED) is 0.322. The third-order valence-electron chi connectivity index (χ3n) is 7.78. The molecule has 1 heterocycles. The van der Waals surface area contributed by atoms with Gasteiger partial charge in [0.05, 0.1) is 6.54 Å². The second-order valence-corrected chi connectivity index (χ2v) is 10.5. The summed E-state index contributed by atoms with van der Waals surface area (Å²) in [6, 6.07) is 22.5. The summed E-state index contributed by atoms with van der Waals surface area (Å²) in [6.07, 6.45) is 8.48. The lowest BCUT2D eigenvalue weighted by Crippen LogP contribution is -2.49. The van der Waals surface area contributed by atoms with E-state index in [1.54, 1.807) is 4.90 Å². The van der Waals surface area contributed by atoms with E-state index in [2.05, 4.69) is 59.0 Å². The van der Waals surface area contributed by atoms with Crippen molar-refractivity contribution in [1.29, 1.82) is 0 Å². The number of nitrogens with zero attached hydrogens (tertiary/aromatic N) is 3. The maximum atomic E-state index is 14.0. The highest BCUT2D eigenvalue weighted by atomic mass is 16.2. The van der Waals surface area contributed by atoms with Crippen LogP contribution in [0.4, 0.5) is 0 Å². The van der Waals surface area contributed by atoms with Crippen LogP contribution in [0, 0.1) is 6.92 Å². The molecule has 37 heavy (non-hydrogen) atoms. The first-order chi connectivity index (χ1) is 18.0. The van der Waals surface area contributed by atoms with Crippen molar-refractivity contribution in [1.82, 2.24) is 14.4 Å². The first-order valence-electron chi connectivity index (χ1n) is 13.8. The van der Waals surface area contributed by atoms with Gasteiger partial charge in [-0.15, -0.1) is 0 Å². The average molecular weight is 500 g/mol. The molecule has 0 aliphatic heterocycles. The zero-order valence-electron chi connectivity index (χ0n) is 22.6. The highest BCUT2D eigenvalue weighted by Gasteiger charge is 2.30. The number of carbonyl (C=O) groups is 2. The van der Waals surface area contributed by atoms with Crippen LogP contribution >= 0.6 is 0 Å². The minimum absolute atomic E-state index is 0.0205. The van der Waals surface area contributed by atoms with Gasteiger partial charge >= 0.3 is 0 Å². The minimum Gasteiger partial charge on any atom is -0.345 e. The third kappa shape index (κ3) is 6.91. The van der Waals surface area contributed by atoms with Crippen molar-refractivity contribution in [3.8, 4) is 0 Å². The van der Waals surface area contributed by atoms with Crippen LogP contribution in [0.15, 0.2) is 72.9 Å². The van der Waals surface area contributed by atoms with E-state index in [-0.39, 0.29) is 30.4 Å². The van der Waals surface area contributed by atoms with Gasteiger partial charge in [0.25, 0.3) is 5.91 Å². The van der Waals surface area contributed by atoms with Crippen molar-refractivity contribution in [2.24, 2.45) is 0 Å². The predicted octanol–water partition coefficient (Wildman–Crippen LogP) is 6.45. The molecular weight excluding hydrogens is 458 g/mol. The van der Waals surface area contributed by atoms with Gasteiger partial charge < -0.3 is 14.4 Å². The van der Waals surface area contributed by atoms with E-state index < -0.39 is 0 Å². The number of carbonyl (C=O) groups excluding carboxylic acids is 2. The maximum absolute atomic E-state index is 14.0. The number of amides is 2. The van der Waals surface area contributed by atoms with Crippen molar-refractivity contribution >= 4 is 11.8 Å². The third-order valence-corrected chi connectivity index (χ3v) is 7.78. The normalized spacial score (nSPS) is 14.8. The van der Waals surface area contributed by atoms with E-state index in [4.69, 9.17) is 0 Å². The van der Waals surface area contributed by atoms with Crippen LogP contribution in [0.1, 0.15) is 79.6 Å². The van der Waals surface area contributed by atoms with Gasteiger partial charge in [-0.05, 0) is 62.9 Å². The Morgan fingerprint density at radius 2 is 1.65 bits per heavy atom. The first-order valence-corrected chi connectivity index (χ1v) is 13.8. The van der Waals surface area contributed by atoms with Gasteiger partial charge in [-0.2, -0.15) is 0 Å². The van der Waals surface area contributed by atoms with E-state index in [1.165, 1.54) is 12.0 Å². The molecule has 1 aliphatic rings. The predicted molar refractivity (Wildman–Crippen MR) is 149 cm³/mol. The molecule has 1 atom stereocenters. The molecule has 2 amide bonds. The molecule has 1 aliphatic carbocycles. The number of hydrogen-bond acceptors (Lipinski definition) is 2. The smallest absolute Gasteiger partial charge is 0.254 e. The molecule has 1 fully saturated rings. The van der Waals surface area contributed by atoms with E-state index >= 15 is 0 Å². The van der Waals surface area contributed by atoms with E-state index in [0.717, 1.165) is 49.9 Å². The molecule has 5 nitrogen and oxygen atoms in total. The molecule has 0 radical (unpaired) electrons. The fourth-order valence-corrected chi connectivity index (χ4v) is 5.26. The summed E-state index contributed by atoms with van der Waals surface area (Å²) in [5.41, 5.74) is 4.12. The Morgan fingerprint density at radius 3 is 2.32 bits per heavy atom. The van der Waals surface area contributed by atoms with Crippen molar-refractivity contribution in [2.75, 3.05) is 6.54 Å². The lowest BCUT2D eigenvalue weighted by molar-refractivity contribution is -0.136. The molecule has 5 heteroatoms. The van der Waals surface area contributed by atoms with Crippen molar-refractivity contribution in [3.05, 3.63) is 95.3 Å². The number of aromatic nitrogens is 1. The summed E-state index contributed by atoms with van der Waals surface area (Å²) < 4.78 is 2.24. The maximum Gasteiger partial charge on any atom is 0.254 e. The number of aryl methyl sites for hydroxylation is 1. The van der Waals surface area contributed by atoms with Crippen LogP contribution in [0.25, 0.3) is 0 Å². The van der Waals surface area contributed by atoms with Crippen molar-refractivity contribution in [2.45, 2.75) is 84.5 Å².